The number of rotatable bonds is 5. The average Bonchev–Trinajstić information content (AvgIpc) is 3.54. The van der Waals surface area contributed by atoms with Gasteiger partial charge in [-0.3, -0.25) is 5.32 Å². The minimum Gasteiger partial charge on any atom is -0.466 e. The number of likely N-dealkylation sites (tertiary alicyclic amines) is 1. The summed E-state index contributed by atoms with van der Waals surface area (Å²) in [6.07, 6.45) is 5.91. The molecule has 1 saturated carbocycles. The first-order chi connectivity index (χ1) is 15.0. The van der Waals surface area contributed by atoms with Gasteiger partial charge in [0.2, 0.25) is 5.13 Å². The molecule has 2 fully saturated rings. The summed E-state index contributed by atoms with van der Waals surface area (Å²) in [5, 5.41) is 4.08. The van der Waals surface area contributed by atoms with E-state index in [0.717, 1.165) is 41.1 Å². The molecule has 4 heterocycles. The van der Waals surface area contributed by atoms with Crippen LogP contribution in [0.15, 0.2) is 18.6 Å². The molecule has 1 aliphatic carbocycles. The van der Waals surface area contributed by atoms with E-state index in [9.17, 15) is 9.59 Å². The minimum atomic E-state index is -0.556. The van der Waals surface area contributed by atoms with Crippen LogP contribution in [0, 0.1) is 11.3 Å². The SMILES string of the molecule is COc1nsc(NC(=O)N2C[C@@H]3C[C@H](N(C)c4ncnc5[nH]ccc45)CC3(C=O)C2)n1. The molecule has 12 heteroatoms. The molecule has 2 amide bonds. The van der Waals surface area contributed by atoms with Crippen LogP contribution < -0.4 is 15.0 Å². The summed E-state index contributed by atoms with van der Waals surface area (Å²) in [4.78, 5) is 44.7. The maximum atomic E-state index is 12.7. The normalized spacial score (nSPS) is 24.9. The van der Waals surface area contributed by atoms with Gasteiger partial charge in [0.1, 0.15) is 24.1 Å². The third-order valence-electron chi connectivity index (χ3n) is 6.45. The van der Waals surface area contributed by atoms with Gasteiger partial charge in [0, 0.05) is 43.9 Å². The Morgan fingerprint density at radius 2 is 2.35 bits per heavy atom. The number of anilines is 2. The van der Waals surface area contributed by atoms with Crippen LogP contribution in [0.4, 0.5) is 15.7 Å². The summed E-state index contributed by atoms with van der Waals surface area (Å²) in [5.74, 6) is 0.938. The Hall–Kier alpha value is -3.28. The number of urea groups is 1. The van der Waals surface area contributed by atoms with Gasteiger partial charge in [0.25, 0.3) is 0 Å². The number of carbonyl (C=O) groups is 2. The number of aromatic amines is 1. The van der Waals surface area contributed by atoms with Crippen LogP contribution >= 0.6 is 11.5 Å². The van der Waals surface area contributed by atoms with E-state index in [1.165, 1.54) is 7.11 Å². The van der Waals surface area contributed by atoms with E-state index in [4.69, 9.17) is 4.74 Å². The third-order valence-corrected chi connectivity index (χ3v) is 7.07. The number of fused-ring (bicyclic) bond motifs is 2. The van der Waals surface area contributed by atoms with Crippen LogP contribution in [-0.2, 0) is 4.79 Å². The van der Waals surface area contributed by atoms with Gasteiger partial charge < -0.3 is 24.3 Å². The zero-order valence-electron chi connectivity index (χ0n) is 17.1. The van der Waals surface area contributed by atoms with Crippen LogP contribution in [0.1, 0.15) is 12.8 Å². The maximum Gasteiger partial charge on any atom is 0.329 e. The van der Waals surface area contributed by atoms with Crippen molar-refractivity contribution < 1.29 is 14.3 Å². The van der Waals surface area contributed by atoms with Crippen molar-refractivity contribution in [3.8, 4) is 6.01 Å². The van der Waals surface area contributed by atoms with E-state index < -0.39 is 5.41 Å². The lowest BCUT2D eigenvalue weighted by atomic mass is 9.82. The van der Waals surface area contributed by atoms with Crippen molar-refractivity contribution in [2.45, 2.75) is 18.9 Å². The lowest BCUT2D eigenvalue weighted by Gasteiger charge is -2.29. The first-order valence-corrected chi connectivity index (χ1v) is 10.7. The molecule has 3 aromatic rings. The molecule has 0 spiro atoms. The molecule has 0 aromatic carbocycles. The van der Waals surface area contributed by atoms with E-state index in [-0.39, 0.29) is 24.0 Å². The number of hydrogen-bond acceptors (Lipinski definition) is 9. The lowest BCUT2D eigenvalue weighted by Crippen LogP contribution is -2.39. The highest BCUT2D eigenvalue weighted by Crippen LogP contribution is 2.49. The predicted molar refractivity (Wildman–Crippen MR) is 114 cm³/mol. The van der Waals surface area contributed by atoms with Gasteiger partial charge in [-0.05, 0) is 24.8 Å². The van der Waals surface area contributed by atoms with E-state index in [0.29, 0.717) is 24.6 Å². The molecule has 2 N–H and O–H groups in total. The molecule has 3 atom stereocenters. The number of nitrogens with one attached hydrogen (secondary N) is 2. The quantitative estimate of drug-likeness (QED) is 0.572. The first-order valence-electron chi connectivity index (χ1n) is 9.94. The fourth-order valence-electron chi connectivity index (χ4n) is 4.85. The molecule has 0 radical (unpaired) electrons. The Bertz CT molecular complexity index is 1130. The highest BCUT2D eigenvalue weighted by atomic mass is 32.1. The molecule has 162 valence electrons. The van der Waals surface area contributed by atoms with Gasteiger partial charge in [-0.15, -0.1) is 4.37 Å². The molecular formula is C19H22N8O3S. The Kier molecular flexibility index (Phi) is 4.73. The number of aldehydes is 1. The van der Waals surface area contributed by atoms with E-state index in [1.807, 2.05) is 19.3 Å². The topological polar surface area (TPSA) is 129 Å². The summed E-state index contributed by atoms with van der Waals surface area (Å²) >= 11 is 1.06. The smallest absolute Gasteiger partial charge is 0.329 e. The zero-order valence-corrected chi connectivity index (χ0v) is 17.9. The maximum absolute atomic E-state index is 12.7. The minimum absolute atomic E-state index is 0.0932. The van der Waals surface area contributed by atoms with Crippen molar-refractivity contribution in [2.75, 3.05) is 37.5 Å². The van der Waals surface area contributed by atoms with Crippen molar-refractivity contribution >= 4 is 45.8 Å². The average molecular weight is 443 g/mol. The van der Waals surface area contributed by atoms with Gasteiger partial charge >= 0.3 is 12.0 Å². The number of carbonyl (C=O) groups excluding carboxylic acids is 2. The molecule has 3 aromatic heterocycles. The fourth-order valence-corrected chi connectivity index (χ4v) is 5.38. The standard InChI is InChI=1S/C19H22N8O3S/c1-26(15-13-3-4-20-14(13)21-10-22-15)12-5-11-7-27(8-19(11,6-12)9-28)18(29)24-17-23-16(30-2)25-31-17/h3-4,9-12H,5-8H2,1-2H3,(H,20,21,22)(H,23,24,25,29)/t11-,12-,19?/m0/s1. The molecule has 1 aliphatic heterocycles. The molecule has 1 unspecified atom stereocenters. The Labute approximate surface area is 182 Å². The Morgan fingerprint density at radius 3 is 3.10 bits per heavy atom. The highest BCUT2D eigenvalue weighted by molar-refractivity contribution is 7.10. The summed E-state index contributed by atoms with van der Waals surface area (Å²) in [7, 11) is 3.48. The lowest BCUT2D eigenvalue weighted by molar-refractivity contribution is -0.116. The van der Waals surface area contributed by atoms with Crippen molar-refractivity contribution in [1.82, 2.24) is 29.2 Å². The largest absolute Gasteiger partial charge is 0.466 e. The Balaban J connectivity index is 1.29. The van der Waals surface area contributed by atoms with E-state index >= 15 is 0 Å². The highest BCUT2D eigenvalue weighted by Gasteiger charge is 2.55. The molecule has 2 aliphatic rings. The number of amides is 2. The summed E-state index contributed by atoms with van der Waals surface area (Å²) in [6, 6.07) is 2.06. The van der Waals surface area contributed by atoms with Crippen molar-refractivity contribution in [3.05, 3.63) is 18.6 Å². The molecule has 0 bridgehead atoms. The van der Waals surface area contributed by atoms with Gasteiger partial charge in [0.05, 0.1) is 17.9 Å². The number of aromatic nitrogens is 5. The molecule has 5 rings (SSSR count). The number of nitrogens with zero attached hydrogens (tertiary/aromatic N) is 6. The van der Waals surface area contributed by atoms with Crippen LogP contribution in [0.2, 0.25) is 0 Å². The van der Waals surface area contributed by atoms with Crippen LogP contribution in [0.3, 0.4) is 0 Å². The second kappa shape index (κ2) is 7.45. The fraction of sp³-hybridized carbons (Fsp3) is 0.474. The number of H-pyrrole nitrogens is 1. The van der Waals surface area contributed by atoms with E-state index in [2.05, 4.69) is 34.5 Å². The molecule has 1 saturated heterocycles. The Morgan fingerprint density at radius 1 is 1.48 bits per heavy atom. The monoisotopic (exact) mass is 442 g/mol. The summed E-state index contributed by atoms with van der Waals surface area (Å²) in [5.41, 5.74) is 0.232. The number of methoxy groups -OCH3 is 1. The number of ether oxygens (including phenoxy) is 1. The van der Waals surface area contributed by atoms with Crippen LogP contribution in [-0.4, -0.2) is 74.8 Å². The third kappa shape index (κ3) is 3.26. The first kappa shape index (κ1) is 19.7. The van der Waals surface area contributed by atoms with Gasteiger partial charge in [-0.25, -0.2) is 14.8 Å². The summed E-state index contributed by atoms with van der Waals surface area (Å²) < 4.78 is 8.93. The van der Waals surface area contributed by atoms with Crippen LogP contribution in [0.25, 0.3) is 11.0 Å². The molecular weight excluding hydrogens is 420 g/mol. The van der Waals surface area contributed by atoms with Crippen LogP contribution in [0.5, 0.6) is 6.01 Å². The van der Waals surface area contributed by atoms with Crippen molar-refractivity contribution in [2.24, 2.45) is 11.3 Å². The van der Waals surface area contributed by atoms with E-state index in [1.54, 1.807) is 11.2 Å². The van der Waals surface area contributed by atoms with Crippen molar-refractivity contribution in [1.29, 1.82) is 0 Å². The molecule has 31 heavy (non-hydrogen) atoms. The summed E-state index contributed by atoms with van der Waals surface area (Å²) in [6.45, 7) is 0.908. The van der Waals surface area contributed by atoms with Gasteiger partial charge in [-0.1, -0.05) is 0 Å². The second-order valence-corrected chi connectivity index (χ2v) is 8.84. The van der Waals surface area contributed by atoms with Crippen molar-refractivity contribution in [3.63, 3.8) is 0 Å². The zero-order chi connectivity index (χ0) is 21.6. The molecule has 11 nitrogen and oxygen atoms in total. The predicted octanol–water partition coefficient (Wildman–Crippen LogP) is 1.77. The number of hydrogen-bond donors (Lipinski definition) is 2. The second-order valence-electron chi connectivity index (χ2n) is 8.09. The van der Waals surface area contributed by atoms with Gasteiger partial charge in [-0.2, -0.15) is 4.98 Å². The van der Waals surface area contributed by atoms with Gasteiger partial charge in [0.15, 0.2) is 0 Å².